The van der Waals surface area contributed by atoms with Crippen LogP contribution in [0.3, 0.4) is 0 Å². The van der Waals surface area contributed by atoms with E-state index in [2.05, 4.69) is 5.32 Å². The van der Waals surface area contributed by atoms with Crippen LogP contribution in [0.15, 0.2) is 42.5 Å². The number of rotatable bonds is 7. The highest BCUT2D eigenvalue weighted by Crippen LogP contribution is 2.30. The number of Topliss-reactive ketones (excluding diaryl/α,β-unsaturated/α-hetero) is 1. The molecule has 0 spiro atoms. The molecule has 2 aromatic rings. The van der Waals surface area contributed by atoms with E-state index in [1.54, 1.807) is 12.1 Å². The fourth-order valence-corrected chi connectivity index (χ4v) is 3.17. The van der Waals surface area contributed by atoms with Crippen LogP contribution in [-0.4, -0.2) is 39.9 Å². The van der Waals surface area contributed by atoms with Gasteiger partial charge in [0.1, 0.15) is 5.56 Å². The number of carbonyl (C=O) groups excluding carboxylic acids is 4. The van der Waals surface area contributed by atoms with Gasteiger partial charge in [-0.2, -0.15) is 0 Å². The van der Waals surface area contributed by atoms with E-state index in [0.717, 1.165) is 6.07 Å². The number of fused-ring (bicyclic) bond motifs is 1. The molecule has 0 saturated carbocycles. The number of benzene rings is 2. The fourth-order valence-electron chi connectivity index (χ4n) is 3.17. The Kier molecular flexibility index (Phi) is 5.72. The minimum atomic E-state index is -0.867. The molecule has 0 atom stereocenters. The van der Waals surface area contributed by atoms with E-state index in [1.807, 2.05) is 13.8 Å². The first kappa shape index (κ1) is 20.8. The second-order valence-electron chi connectivity index (χ2n) is 7.30. The summed E-state index contributed by atoms with van der Waals surface area (Å²) in [5, 5.41) is 13.9. The van der Waals surface area contributed by atoms with Crippen molar-refractivity contribution in [3.63, 3.8) is 0 Å². The lowest BCUT2D eigenvalue weighted by molar-refractivity contribution is -0.385. The summed E-state index contributed by atoms with van der Waals surface area (Å²) in [5.74, 6) is -2.05. The van der Waals surface area contributed by atoms with Gasteiger partial charge in [0.05, 0.1) is 17.0 Å². The fraction of sp³-hybridized carbons (Fsp3) is 0.238. The van der Waals surface area contributed by atoms with E-state index in [0.29, 0.717) is 17.0 Å². The predicted octanol–water partition coefficient (Wildman–Crippen LogP) is 3.06. The van der Waals surface area contributed by atoms with Gasteiger partial charge in [0.15, 0.2) is 5.78 Å². The molecule has 154 valence electrons. The minimum Gasteiger partial charge on any atom is -0.326 e. The molecular formula is C21H19N3O6. The van der Waals surface area contributed by atoms with Crippen molar-refractivity contribution in [2.75, 3.05) is 11.9 Å². The van der Waals surface area contributed by atoms with Crippen molar-refractivity contribution in [2.24, 2.45) is 5.92 Å². The van der Waals surface area contributed by atoms with Gasteiger partial charge in [-0.15, -0.1) is 0 Å². The summed E-state index contributed by atoms with van der Waals surface area (Å²) < 4.78 is 0. The monoisotopic (exact) mass is 409 g/mol. The summed E-state index contributed by atoms with van der Waals surface area (Å²) in [4.78, 5) is 60.6. The second-order valence-corrected chi connectivity index (χ2v) is 7.30. The minimum absolute atomic E-state index is 0.0924. The molecule has 0 unspecified atom stereocenters. The summed E-state index contributed by atoms with van der Waals surface area (Å²) in [7, 11) is 0. The number of nitro groups is 1. The first-order chi connectivity index (χ1) is 14.2. The topological polar surface area (TPSA) is 127 Å². The Bertz CT molecular complexity index is 1060. The molecule has 1 heterocycles. The zero-order valence-corrected chi connectivity index (χ0v) is 16.4. The summed E-state index contributed by atoms with van der Waals surface area (Å²) >= 11 is 0. The Labute approximate surface area is 171 Å². The highest BCUT2D eigenvalue weighted by molar-refractivity contribution is 6.24. The molecule has 0 saturated heterocycles. The smallest absolute Gasteiger partial charge is 0.282 e. The van der Waals surface area contributed by atoms with Crippen molar-refractivity contribution in [1.82, 2.24) is 4.90 Å². The molecule has 1 N–H and O–H groups in total. The molecule has 0 aliphatic carbocycles. The maximum absolute atomic E-state index is 12.6. The zero-order chi connectivity index (χ0) is 22.0. The molecule has 3 amide bonds. The lowest BCUT2D eigenvalue weighted by Crippen LogP contribution is -2.35. The number of anilines is 1. The van der Waals surface area contributed by atoms with Crippen LogP contribution in [0.25, 0.3) is 0 Å². The van der Waals surface area contributed by atoms with E-state index >= 15 is 0 Å². The van der Waals surface area contributed by atoms with Crippen LogP contribution in [0.2, 0.25) is 0 Å². The molecule has 1 aliphatic heterocycles. The van der Waals surface area contributed by atoms with Crippen LogP contribution in [0.5, 0.6) is 0 Å². The molecule has 0 aromatic heterocycles. The first-order valence-corrected chi connectivity index (χ1v) is 9.25. The molecule has 3 rings (SSSR count). The van der Waals surface area contributed by atoms with Crippen molar-refractivity contribution in [1.29, 1.82) is 0 Å². The van der Waals surface area contributed by atoms with Gasteiger partial charge in [-0.05, 0) is 36.2 Å². The SMILES string of the molecule is CC(C)CC(=O)Nc1ccc(C(=O)CN2C(=O)c3cccc([N+](=O)[O-])c3C2=O)cc1. The number of nitrogens with one attached hydrogen (secondary N) is 1. The Morgan fingerprint density at radius 2 is 1.73 bits per heavy atom. The number of nitro benzene ring substituents is 1. The third-order valence-electron chi connectivity index (χ3n) is 4.56. The van der Waals surface area contributed by atoms with Crippen LogP contribution < -0.4 is 5.32 Å². The number of hydrogen-bond acceptors (Lipinski definition) is 6. The number of imide groups is 1. The lowest BCUT2D eigenvalue weighted by atomic mass is 10.1. The maximum atomic E-state index is 12.6. The van der Waals surface area contributed by atoms with E-state index in [9.17, 15) is 29.3 Å². The van der Waals surface area contributed by atoms with Crippen molar-refractivity contribution in [3.8, 4) is 0 Å². The average Bonchev–Trinajstić information content (AvgIpc) is 2.92. The molecular weight excluding hydrogens is 390 g/mol. The van der Waals surface area contributed by atoms with Crippen molar-refractivity contribution in [2.45, 2.75) is 20.3 Å². The van der Waals surface area contributed by atoms with Gasteiger partial charge in [-0.1, -0.05) is 19.9 Å². The third-order valence-corrected chi connectivity index (χ3v) is 4.56. The van der Waals surface area contributed by atoms with Crippen LogP contribution >= 0.6 is 0 Å². The van der Waals surface area contributed by atoms with Crippen molar-refractivity contribution >= 4 is 34.9 Å². The van der Waals surface area contributed by atoms with Gasteiger partial charge in [0.25, 0.3) is 17.5 Å². The summed E-state index contributed by atoms with van der Waals surface area (Å²) in [5.41, 5.74) is -0.104. The first-order valence-electron chi connectivity index (χ1n) is 9.25. The summed E-state index contributed by atoms with van der Waals surface area (Å²) in [6.45, 7) is 3.31. The van der Waals surface area contributed by atoms with Crippen LogP contribution in [0.4, 0.5) is 11.4 Å². The van der Waals surface area contributed by atoms with E-state index in [1.165, 1.54) is 24.3 Å². The molecule has 9 nitrogen and oxygen atoms in total. The predicted molar refractivity (Wildman–Crippen MR) is 107 cm³/mol. The van der Waals surface area contributed by atoms with Crippen LogP contribution in [0, 0.1) is 16.0 Å². The van der Waals surface area contributed by atoms with Gasteiger partial charge in [-0.3, -0.25) is 34.2 Å². The van der Waals surface area contributed by atoms with Gasteiger partial charge >= 0.3 is 0 Å². The standard InChI is InChI=1S/C21H19N3O6/c1-12(2)10-18(26)22-14-8-6-13(7-9-14)17(25)11-23-20(27)15-4-3-5-16(24(29)30)19(15)21(23)28/h3-9,12H,10-11H2,1-2H3,(H,22,26). The molecule has 0 fully saturated rings. The van der Waals surface area contributed by atoms with Gasteiger partial charge in [0.2, 0.25) is 5.91 Å². The highest BCUT2D eigenvalue weighted by atomic mass is 16.6. The Balaban J connectivity index is 1.73. The van der Waals surface area contributed by atoms with E-state index in [4.69, 9.17) is 0 Å². The number of ketones is 1. The Morgan fingerprint density at radius 1 is 1.07 bits per heavy atom. The normalized spacial score (nSPS) is 12.8. The van der Waals surface area contributed by atoms with Crippen molar-refractivity contribution in [3.05, 3.63) is 69.3 Å². The summed E-state index contributed by atoms with van der Waals surface area (Å²) in [6, 6.07) is 9.85. The Hall–Kier alpha value is -3.88. The lowest BCUT2D eigenvalue weighted by Gasteiger charge is -2.13. The van der Waals surface area contributed by atoms with E-state index < -0.39 is 34.8 Å². The molecule has 1 aliphatic rings. The number of nitrogens with zero attached hydrogens (tertiary/aromatic N) is 2. The molecule has 2 aromatic carbocycles. The molecule has 30 heavy (non-hydrogen) atoms. The molecule has 9 heteroatoms. The number of carbonyl (C=O) groups is 4. The summed E-state index contributed by atoms with van der Waals surface area (Å²) in [6.07, 6.45) is 0.368. The number of hydrogen-bond donors (Lipinski definition) is 1. The zero-order valence-electron chi connectivity index (χ0n) is 16.4. The maximum Gasteiger partial charge on any atom is 0.282 e. The van der Waals surface area contributed by atoms with Gasteiger partial charge < -0.3 is 5.32 Å². The van der Waals surface area contributed by atoms with Gasteiger partial charge in [0, 0.05) is 23.7 Å². The largest absolute Gasteiger partial charge is 0.326 e. The molecule has 0 radical (unpaired) electrons. The third kappa shape index (κ3) is 4.09. The van der Waals surface area contributed by atoms with Crippen molar-refractivity contribution < 1.29 is 24.1 Å². The van der Waals surface area contributed by atoms with Crippen LogP contribution in [0.1, 0.15) is 51.3 Å². The highest BCUT2D eigenvalue weighted by Gasteiger charge is 2.41. The Morgan fingerprint density at radius 3 is 2.33 bits per heavy atom. The molecule has 0 bridgehead atoms. The second kappa shape index (κ2) is 8.24. The quantitative estimate of drug-likeness (QED) is 0.324. The number of amides is 3. The van der Waals surface area contributed by atoms with E-state index in [-0.39, 0.29) is 28.5 Å². The van der Waals surface area contributed by atoms with Crippen LogP contribution in [-0.2, 0) is 4.79 Å². The van der Waals surface area contributed by atoms with Gasteiger partial charge in [-0.25, -0.2) is 0 Å². The average molecular weight is 409 g/mol.